The molecule has 102 valence electrons. The van der Waals surface area contributed by atoms with Crippen LogP contribution in [0.2, 0.25) is 0 Å². The summed E-state index contributed by atoms with van der Waals surface area (Å²) in [6.45, 7) is 10.6. The maximum atomic E-state index is 3.66. The summed E-state index contributed by atoms with van der Waals surface area (Å²) in [4.78, 5) is 0. The van der Waals surface area contributed by atoms with Gasteiger partial charge in [-0.1, -0.05) is 46.5 Å². The Labute approximate surface area is 109 Å². The van der Waals surface area contributed by atoms with Crippen molar-refractivity contribution in [2.24, 2.45) is 17.8 Å². The molecule has 1 aliphatic carbocycles. The lowest BCUT2D eigenvalue weighted by Gasteiger charge is -2.14. The quantitative estimate of drug-likeness (QED) is 0.549. The molecule has 0 aromatic carbocycles. The van der Waals surface area contributed by atoms with E-state index in [9.17, 15) is 0 Å². The fourth-order valence-corrected chi connectivity index (χ4v) is 2.62. The first-order valence-corrected chi connectivity index (χ1v) is 7.83. The van der Waals surface area contributed by atoms with Crippen molar-refractivity contribution < 1.29 is 0 Å². The van der Waals surface area contributed by atoms with Crippen LogP contribution in [0.4, 0.5) is 0 Å². The van der Waals surface area contributed by atoms with Gasteiger partial charge in [0, 0.05) is 6.04 Å². The molecule has 0 spiro atoms. The predicted octanol–water partition coefficient (Wildman–Crippen LogP) is 4.62. The Kier molecular flexibility index (Phi) is 7.18. The third kappa shape index (κ3) is 7.81. The van der Waals surface area contributed by atoms with Gasteiger partial charge in [-0.3, -0.25) is 0 Å². The van der Waals surface area contributed by atoms with Crippen molar-refractivity contribution >= 4 is 0 Å². The Hall–Kier alpha value is -0.0400. The molecule has 0 aromatic heterocycles. The third-order valence-corrected chi connectivity index (χ3v) is 4.19. The average molecular weight is 239 g/mol. The lowest BCUT2D eigenvalue weighted by Crippen LogP contribution is -2.26. The molecule has 1 aliphatic rings. The van der Waals surface area contributed by atoms with Crippen LogP contribution in [0.3, 0.4) is 0 Å². The third-order valence-electron chi connectivity index (χ3n) is 4.19. The minimum atomic E-state index is 0.716. The predicted molar refractivity (Wildman–Crippen MR) is 77.3 cm³/mol. The van der Waals surface area contributed by atoms with Crippen LogP contribution in [0.1, 0.15) is 72.6 Å². The zero-order chi connectivity index (χ0) is 12.7. The summed E-state index contributed by atoms with van der Waals surface area (Å²) < 4.78 is 0. The van der Waals surface area contributed by atoms with Gasteiger partial charge in [0.05, 0.1) is 0 Å². The minimum Gasteiger partial charge on any atom is -0.314 e. The molecule has 1 rings (SSSR count). The molecule has 0 bridgehead atoms. The fourth-order valence-electron chi connectivity index (χ4n) is 2.62. The second-order valence-electron chi connectivity index (χ2n) is 6.65. The van der Waals surface area contributed by atoms with E-state index in [4.69, 9.17) is 0 Å². The molecule has 1 saturated carbocycles. The summed E-state index contributed by atoms with van der Waals surface area (Å²) in [5, 5.41) is 3.66. The van der Waals surface area contributed by atoms with E-state index in [-0.39, 0.29) is 0 Å². The van der Waals surface area contributed by atoms with E-state index in [2.05, 4.69) is 33.0 Å². The molecule has 0 aliphatic heterocycles. The summed E-state index contributed by atoms with van der Waals surface area (Å²) in [5.74, 6) is 2.99. The SMILES string of the molecule is CC(C)CCCC(C)NCCCCC1CC1C. The molecule has 0 amide bonds. The van der Waals surface area contributed by atoms with Gasteiger partial charge in [-0.25, -0.2) is 0 Å². The molecule has 0 aromatic rings. The van der Waals surface area contributed by atoms with Crippen LogP contribution in [0.15, 0.2) is 0 Å². The maximum Gasteiger partial charge on any atom is 0.00387 e. The van der Waals surface area contributed by atoms with Gasteiger partial charge in [0.1, 0.15) is 0 Å². The van der Waals surface area contributed by atoms with Crippen LogP contribution in [0, 0.1) is 17.8 Å². The Morgan fingerprint density at radius 3 is 2.35 bits per heavy atom. The largest absolute Gasteiger partial charge is 0.314 e. The van der Waals surface area contributed by atoms with Gasteiger partial charge in [-0.2, -0.15) is 0 Å². The van der Waals surface area contributed by atoms with E-state index >= 15 is 0 Å². The molecule has 1 nitrogen and oxygen atoms in total. The molecular weight excluding hydrogens is 206 g/mol. The van der Waals surface area contributed by atoms with Crippen LogP contribution in [-0.4, -0.2) is 12.6 Å². The van der Waals surface area contributed by atoms with Crippen molar-refractivity contribution in [2.75, 3.05) is 6.54 Å². The van der Waals surface area contributed by atoms with Crippen molar-refractivity contribution in [1.82, 2.24) is 5.32 Å². The smallest absolute Gasteiger partial charge is 0.00387 e. The lowest BCUT2D eigenvalue weighted by molar-refractivity contribution is 0.448. The monoisotopic (exact) mass is 239 g/mol. The number of nitrogens with one attached hydrogen (secondary N) is 1. The first kappa shape index (κ1) is 15.0. The van der Waals surface area contributed by atoms with Crippen LogP contribution in [0.5, 0.6) is 0 Å². The second-order valence-corrected chi connectivity index (χ2v) is 6.65. The summed E-state index contributed by atoms with van der Waals surface area (Å²) in [7, 11) is 0. The van der Waals surface area contributed by atoms with E-state index in [1.165, 1.54) is 51.5 Å². The zero-order valence-electron chi connectivity index (χ0n) is 12.5. The molecule has 17 heavy (non-hydrogen) atoms. The molecule has 3 atom stereocenters. The Morgan fingerprint density at radius 2 is 1.76 bits per heavy atom. The molecule has 3 unspecified atom stereocenters. The van der Waals surface area contributed by atoms with Gasteiger partial charge in [-0.15, -0.1) is 0 Å². The van der Waals surface area contributed by atoms with Crippen molar-refractivity contribution in [1.29, 1.82) is 0 Å². The molecule has 1 fully saturated rings. The van der Waals surface area contributed by atoms with Crippen molar-refractivity contribution in [3.63, 3.8) is 0 Å². The van der Waals surface area contributed by atoms with Gasteiger partial charge in [0.15, 0.2) is 0 Å². The van der Waals surface area contributed by atoms with E-state index in [1.807, 2.05) is 0 Å². The first-order chi connectivity index (χ1) is 8.09. The van der Waals surface area contributed by atoms with Gasteiger partial charge >= 0.3 is 0 Å². The van der Waals surface area contributed by atoms with Gasteiger partial charge in [0.25, 0.3) is 0 Å². The Morgan fingerprint density at radius 1 is 1.06 bits per heavy atom. The summed E-state index contributed by atoms with van der Waals surface area (Å²) in [5.41, 5.74) is 0. The molecule has 0 saturated heterocycles. The number of rotatable bonds is 10. The summed E-state index contributed by atoms with van der Waals surface area (Å²) in [6, 6.07) is 0.716. The van der Waals surface area contributed by atoms with E-state index in [0.717, 1.165) is 17.8 Å². The van der Waals surface area contributed by atoms with Crippen LogP contribution < -0.4 is 5.32 Å². The van der Waals surface area contributed by atoms with Crippen LogP contribution >= 0.6 is 0 Å². The first-order valence-electron chi connectivity index (χ1n) is 7.83. The van der Waals surface area contributed by atoms with Crippen molar-refractivity contribution in [2.45, 2.75) is 78.7 Å². The maximum absolute atomic E-state index is 3.66. The minimum absolute atomic E-state index is 0.716. The number of unbranched alkanes of at least 4 members (excludes halogenated alkanes) is 1. The van der Waals surface area contributed by atoms with Gasteiger partial charge < -0.3 is 5.32 Å². The van der Waals surface area contributed by atoms with Crippen LogP contribution in [-0.2, 0) is 0 Å². The highest BCUT2D eigenvalue weighted by molar-refractivity contribution is 4.81. The normalized spacial score (nSPS) is 25.2. The highest BCUT2D eigenvalue weighted by Gasteiger charge is 2.31. The number of hydrogen-bond acceptors (Lipinski definition) is 1. The van der Waals surface area contributed by atoms with Crippen molar-refractivity contribution in [3.8, 4) is 0 Å². The highest BCUT2D eigenvalue weighted by atomic mass is 14.9. The van der Waals surface area contributed by atoms with Gasteiger partial charge in [-0.05, 0) is 50.5 Å². The Bertz CT molecular complexity index is 188. The molecule has 1 N–H and O–H groups in total. The highest BCUT2D eigenvalue weighted by Crippen LogP contribution is 2.41. The molecule has 1 heteroatoms. The topological polar surface area (TPSA) is 12.0 Å². The van der Waals surface area contributed by atoms with Crippen LogP contribution in [0.25, 0.3) is 0 Å². The second kappa shape index (κ2) is 8.13. The fraction of sp³-hybridized carbons (Fsp3) is 1.00. The lowest BCUT2D eigenvalue weighted by atomic mass is 10.0. The molecular formula is C16H33N. The Balaban J connectivity index is 1.81. The van der Waals surface area contributed by atoms with E-state index < -0.39 is 0 Å². The molecule has 0 radical (unpaired) electrons. The number of hydrogen-bond donors (Lipinski definition) is 1. The summed E-state index contributed by atoms with van der Waals surface area (Å²) >= 11 is 0. The molecule has 0 heterocycles. The standard InChI is InChI=1S/C16H33N/c1-13(2)8-7-9-15(4)17-11-6-5-10-16-12-14(16)3/h13-17H,5-12H2,1-4H3. The van der Waals surface area contributed by atoms with E-state index in [0.29, 0.717) is 6.04 Å². The summed E-state index contributed by atoms with van der Waals surface area (Å²) in [6.07, 6.45) is 9.89. The van der Waals surface area contributed by atoms with E-state index in [1.54, 1.807) is 0 Å². The van der Waals surface area contributed by atoms with Gasteiger partial charge in [0.2, 0.25) is 0 Å². The van der Waals surface area contributed by atoms with Crippen molar-refractivity contribution in [3.05, 3.63) is 0 Å². The zero-order valence-corrected chi connectivity index (χ0v) is 12.5. The average Bonchev–Trinajstić information content (AvgIpc) is 2.93.